The summed E-state index contributed by atoms with van der Waals surface area (Å²) in [6.07, 6.45) is 1.55. The molecule has 0 aromatic heterocycles. The van der Waals surface area contributed by atoms with Gasteiger partial charge in [0.2, 0.25) is 0 Å². The highest BCUT2D eigenvalue weighted by Gasteiger charge is 2.16. The summed E-state index contributed by atoms with van der Waals surface area (Å²) in [7, 11) is 0. The van der Waals surface area contributed by atoms with Crippen molar-refractivity contribution in [2.75, 3.05) is 5.32 Å². The summed E-state index contributed by atoms with van der Waals surface area (Å²) in [5.41, 5.74) is 2.10. The molecule has 0 fully saturated rings. The Bertz CT molecular complexity index is 1160. The zero-order valence-corrected chi connectivity index (χ0v) is 15.9. The summed E-state index contributed by atoms with van der Waals surface area (Å²) in [6, 6.07) is 19.0. The van der Waals surface area contributed by atoms with Gasteiger partial charge in [-0.3, -0.25) is 25.0 Å². The molecule has 150 valence electrons. The molecule has 30 heavy (non-hydrogen) atoms. The summed E-state index contributed by atoms with van der Waals surface area (Å²) < 4.78 is 0. The van der Waals surface area contributed by atoms with E-state index in [1.165, 1.54) is 30.3 Å². The Labute approximate surface area is 171 Å². The van der Waals surface area contributed by atoms with Crippen LogP contribution in [0.25, 0.3) is 11.6 Å². The van der Waals surface area contributed by atoms with Crippen molar-refractivity contribution in [2.24, 2.45) is 0 Å². The van der Waals surface area contributed by atoms with Crippen molar-refractivity contribution in [2.45, 2.75) is 6.92 Å². The SMILES string of the molecule is Cc1ccc([N+](=O)[O-])cc1NC(=O)/C(=C/c1cccc([N+](=O)[O-])c1)c1ccccc1. The van der Waals surface area contributed by atoms with Crippen LogP contribution in [0.3, 0.4) is 0 Å². The molecule has 0 atom stereocenters. The summed E-state index contributed by atoms with van der Waals surface area (Å²) in [6.45, 7) is 1.73. The van der Waals surface area contributed by atoms with Crippen LogP contribution in [0.2, 0.25) is 0 Å². The van der Waals surface area contributed by atoms with Crippen LogP contribution in [0.4, 0.5) is 17.1 Å². The fourth-order valence-corrected chi connectivity index (χ4v) is 2.84. The Hall–Kier alpha value is -4.33. The van der Waals surface area contributed by atoms with Crippen molar-refractivity contribution in [1.29, 1.82) is 0 Å². The molecule has 0 unspecified atom stereocenters. The number of hydrogen-bond donors (Lipinski definition) is 1. The Morgan fingerprint density at radius 1 is 0.867 bits per heavy atom. The number of nitrogens with zero attached hydrogens (tertiary/aromatic N) is 2. The van der Waals surface area contributed by atoms with Gasteiger partial charge in [0, 0.05) is 29.8 Å². The standard InChI is InChI=1S/C22H17N3O5/c1-15-10-11-19(25(29)30)14-21(15)23-22(26)20(17-7-3-2-4-8-17)13-16-6-5-9-18(12-16)24(27)28/h2-14H,1H3,(H,23,26)/b20-13+. The first-order valence-electron chi connectivity index (χ1n) is 8.93. The highest BCUT2D eigenvalue weighted by molar-refractivity contribution is 6.29. The normalized spacial score (nSPS) is 11.0. The molecular weight excluding hydrogens is 386 g/mol. The lowest BCUT2D eigenvalue weighted by Crippen LogP contribution is -2.14. The van der Waals surface area contributed by atoms with Crippen molar-refractivity contribution >= 4 is 34.6 Å². The minimum atomic E-state index is -0.536. The van der Waals surface area contributed by atoms with Crippen LogP contribution in [-0.4, -0.2) is 15.8 Å². The third kappa shape index (κ3) is 4.74. The fraction of sp³-hybridized carbons (Fsp3) is 0.0455. The van der Waals surface area contributed by atoms with E-state index in [1.54, 1.807) is 55.5 Å². The van der Waals surface area contributed by atoms with Gasteiger partial charge in [-0.2, -0.15) is 0 Å². The number of rotatable bonds is 6. The number of carbonyl (C=O) groups is 1. The number of hydrogen-bond acceptors (Lipinski definition) is 5. The number of amides is 1. The average molecular weight is 403 g/mol. The largest absolute Gasteiger partial charge is 0.321 e. The molecule has 0 bridgehead atoms. The van der Waals surface area contributed by atoms with E-state index in [0.29, 0.717) is 22.4 Å². The Morgan fingerprint density at radius 2 is 1.53 bits per heavy atom. The first kappa shape index (κ1) is 20.4. The number of benzene rings is 3. The third-order valence-corrected chi connectivity index (χ3v) is 4.40. The molecule has 3 rings (SSSR count). The topological polar surface area (TPSA) is 115 Å². The summed E-state index contributed by atoms with van der Waals surface area (Å²) in [4.78, 5) is 34.2. The second-order valence-electron chi connectivity index (χ2n) is 6.49. The first-order chi connectivity index (χ1) is 14.3. The van der Waals surface area contributed by atoms with Crippen molar-refractivity contribution in [3.05, 3.63) is 110 Å². The molecule has 0 saturated heterocycles. The summed E-state index contributed by atoms with van der Waals surface area (Å²) >= 11 is 0. The molecule has 0 spiro atoms. The fourth-order valence-electron chi connectivity index (χ4n) is 2.84. The maximum absolute atomic E-state index is 13.1. The van der Waals surface area contributed by atoms with Crippen molar-refractivity contribution in [1.82, 2.24) is 0 Å². The smallest absolute Gasteiger partial charge is 0.271 e. The minimum Gasteiger partial charge on any atom is -0.321 e. The second kappa shape index (κ2) is 8.78. The van der Waals surface area contributed by atoms with Gasteiger partial charge >= 0.3 is 0 Å². The van der Waals surface area contributed by atoms with E-state index in [2.05, 4.69) is 5.32 Å². The van der Waals surface area contributed by atoms with Gasteiger partial charge in [0.05, 0.1) is 15.5 Å². The van der Waals surface area contributed by atoms with Crippen molar-refractivity contribution < 1.29 is 14.6 Å². The van der Waals surface area contributed by atoms with E-state index < -0.39 is 15.8 Å². The van der Waals surface area contributed by atoms with Crippen LogP contribution in [0.5, 0.6) is 0 Å². The molecule has 1 amide bonds. The molecule has 0 aliphatic rings. The molecule has 0 aliphatic carbocycles. The lowest BCUT2D eigenvalue weighted by molar-refractivity contribution is -0.385. The molecule has 0 heterocycles. The van der Waals surface area contributed by atoms with Gasteiger partial charge < -0.3 is 5.32 Å². The van der Waals surface area contributed by atoms with Gasteiger partial charge in [0.25, 0.3) is 17.3 Å². The van der Waals surface area contributed by atoms with Crippen LogP contribution >= 0.6 is 0 Å². The Balaban J connectivity index is 2.03. The van der Waals surface area contributed by atoms with Gasteiger partial charge in [-0.05, 0) is 29.7 Å². The number of non-ortho nitro benzene ring substituents is 2. The third-order valence-electron chi connectivity index (χ3n) is 4.40. The van der Waals surface area contributed by atoms with Gasteiger partial charge in [-0.25, -0.2) is 0 Å². The van der Waals surface area contributed by atoms with E-state index in [0.717, 1.165) is 0 Å². The number of anilines is 1. The molecule has 8 nitrogen and oxygen atoms in total. The number of aryl methyl sites for hydroxylation is 1. The molecule has 1 N–H and O–H groups in total. The Kier molecular flexibility index (Phi) is 5.97. The van der Waals surface area contributed by atoms with Crippen LogP contribution in [-0.2, 0) is 4.79 Å². The van der Waals surface area contributed by atoms with Gasteiger partial charge in [0.1, 0.15) is 0 Å². The lowest BCUT2D eigenvalue weighted by Gasteiger charge is -2.12. The minimum absolute atomic E-state index is 0.0916. The quantitative estimate of drug-likeness (QED) is 0.269. The lowest BCUT2D eigenvalue weighted by atomic mass is 10.0. The molecule has 0 radical (unpaired) electrons. The Morgan fingerprint density at radius 3 is 2.20 bits per heavy atom. The zero-order chi connectivity index (χ0) is 21.7. The second-order valence-corrected chi connectivity index (χ2v) is 6.49. The average Bonchev–Trinajstić information content (AvgIpc) is 2.74. The number of nitro benzene ring substituents is 2. The van der Waals surface area contributed by atoms with E-state index >= 15 is 0 Å². The van der Waals surface area contributed by atoms with Crippen molar-refractivity contribution in [3.8, 4) is 0 Å². The van der Waals surface area contributed by atoms with Crippen LogP contribution in [0.15, 0.2) is 72.8 Å². The molecule has 0 saturated carbocycles. The molecule has 8 heteroatoms. The molecule has 3 aromatic carbocycles. The maximum Gasteiger partial charge on any atom is 0.271 e. The predicted molar refractivity (Wildman–Crippen MR) is 114 cm³/mol. The zero-order valence-electron chi connectivity index (χ0n) is 15.9. The van der Waals surface area contributed by atoms with Gasteiger partial charge in [-0.15, -0.1) is 0 Å². The van der Waals surface area contributed by atoms with Crippen LogP contribution in [0, 0.1) is 27.2 Å². The van der Waals surface area contributed by atoms with E-state index in [1.807, 2.05) is 0 Å². The van der Waals surface area contributed by atoms with Crippen LogP contribution < -0.4 is 5.32 Å². The van der Waals surface area contributed by atoms with E-state index in [9.17, 15) is 25.0 Å². The van der Waals surface area contributed by atoms with Gasteiger partial charge in [-0.1, -0.05) is 48.5 Å². The number of nitrogens with one attached hydrogen (secondary N) is 1. The van der Waals surface area contributed by atoms with E-state index in [-0.39, 0.29) is 16.9 Å². The summed E-state index contributed by atoms with van der Waals surface area (Å²) in [5, 5.41) is 24.8. The highest BCUT2D eigenvalue weighted by atomic mass is 16.6. The first-order valence-corrected chi connectivity index (χ1v) is 8.93. The van der Waals surface area contributed by atoms with Crippen molar-refractivity contribution in [3.63, 3.8) is 0 Å². The van der Waals surface area contributed by atoms with Gasteiger partial charge in [0.15, 0.2) is 0 Å². The van der Waals surface area contributed by atoms with Crippen LogP contribution in [0.1, 0.15) is 16.7 Å². The molecule has 0 aliphatic heterocycles. The summed E-state index contributed by atoms with van der Waals surface area (Å²) in [5.74, 6) is -0.490. The molecular formula is C22H17N3O5. The maximum atomic E-state index is 13.1. The number of carbonyl (C=O) groups excluding carboxylic acids is 1. The molecule has 3 aromatic rings. The highest BCUT2D eigenvalue weighted by Crippen LogP contribution is 2.26. The van der Waals surface area contributed by atoms with E-state index in [4.69, 9.17) is 0 Å². The predicted octanol–water partition coefficient (Wildman–Crippen LogP) is 4.99. The monoisotopic (exact) mass is 403 g/mol. The number of nitro groups is 2.